The Morgan fingerprint density at radius 2 is 1.69 bits per heavy atom. The highest BCUT2D eigenvalue weighted by atomic mass is 32.1. The summed E-state index contributed by atoms with van der Waals surface area (Å²) in [5, 5.41) is 6.06. The third kappa shape index (κ3) is 7.41. The van der Waals surface area contributed by atoms with Crippen LogP contribution < -0.4 is 10.6 Å². The lowest BCUT2D eigenvalue weighted by molar-refractivity contribution is -0.153. The normalized spacial score (nSPS) is 27.6. The van der Waals surface area contributed by atoms with Crippen molar-refractivity contribution in [2.75, 3.05) is 45.9 Å². The summed E-state index contributed by atoms with van der Waals surface area (Å²) < 4.78 is 6.36. The number of rotatable bonds is 10. The first-order chi connectivity index (χ1) is 22.9. The number of hydrogen-bond donors (Lipinski definition) is 2. The van der Waals surface area contributed by atoms with Gasteiger partial charge in [-0.05, 0) is 50.4 Å². The Hall–Kier alpha value is -3.06. The van der Waals surface area contributed by atoms with Gasteiger partial charge in [-0.25, -0.2) is 0 Å². The highest BCUT2D eigenvalue weighted by Crippen LogP contribution is 2.54. The monoisotopic (exact) mass is 684 g/mol. The van der Waals surface area contributed by atoms with Gasteiger partial charge in [0.05, 0.1) is 23.7 Å². The molecule has 0 aromatic carbocycles. The Morgan fingerprint density at radius 3 is 2.33 bits per heavy atom. The SMILES string of the molecule is CC(=O)N[C@H]1CCCN(C(=O)[C@@H](NC(=O)[C@@H]2CN(C(=O)c3cncs3)CC23CN(C(=O)[C@H]2CC2(C)C)C3)[C@@H](C)OCC2CCCCC2)C1. The van der Waals surface area contributed by atoms with Crippen LogP contribution in [-0.2, 0) is 23.9 Å². The van der Waals surface area contributed by atoms with Gasteiger partial charge >= 0.3 is 0 Å². The van der Waals surface area contributed by atoms with Gasteiger partial charge in [0.25, 0.3) is 5.91 Å². The molecule has 6 rings (SSSR count). The second-order valence-electron chi connectivity index (χ2n) is 15.8. The first kappa shape index (κ1) is 34.8. The second-order valence-corrected chi connectivity index (χ2v) is 16.6. The topological polar surface area (TPSA) is 141 Å². The van der Waals surface area contributed by atoms with Crippen LogP contribution in [0.5, 0.6) is 0 Å². The van der Waals surface area contributed by atoms with Crippen LogP contribution in [0.2, 0.25) is 0 Å². The lowest BCUT2D eigenvalue weighted by atomic mass is 9.70. The van der Waals surface area contributed by atoms with Crippen LogP contribution in [0.3, 0.4) is 0 Å². The third-order valence-corrected chi connectivity index (χ3v) is 12.3. The van der Waals surface area contributed by atoms with E-state index in [0.717, 1.165) is 32.1 Å². The van der Waals surface area contributed by atoms with E-state index in [9.17, 15) is 24.0 Å². The number of thiazole rings is 1. The maximum atomic E-state index is 14.4. The van der Waals surface area contributed by atoms with Crippen molar-refractivity contribution in [3.05, 3.63) is 16.6 Å². The van der Waals surface area contributed by atoms with E-state index >= 15 is 0 Å². The van der Waals surface area contributed by atoms with Crippen molar-refractivity contribution in [1.82, 2.24) is 30.3 Å². The van der Waals surface area contributed by atoms with Crippen LogP contribution in [0.4, 0.5) is 0 Å². The van der Waals surface area contributed by atoms with Crippen molar-refractivity contribution in [3.63, 3.8) is 0 Å². The third-order valence-electron chi connectivity index (χ3n) is 11.5. The molecule has 5 amide bonds. The van der Waals surface area contributed by atoms with E-state index in [1.165, 1.54) is 37.5 Å². The van der Waals surface area contributed by atoms with Crippen molar-refractivity contribution >= 4 is 40.9 Å². The molecule has 48 heavy (non-hydrogen) atoms. The molecule has 2 aliphatic carbocycles. The van der Waals surface area contributed by atoms with Gasteiger partial charge in [-0.1, -0.05) is 33.1 Å². The summed E-state index contributed by atoms with van der Waals surface area (Å²) in [6, 6.07) is -1.07. The van der Waals surface area contributed by atoms with Crippen LogP contribution in [0.25, 0.3) is 0 Å². The highest BCUT2D eigenvalue weighted by molar-refractivity contribution is 7.11. The van der Waals surface area contributed by atoms with Crippen molar-refractivity contribution in [3.8, 4) is 0 Å². The maximum Gasteiger partial charge on any atom is 0.265 e. The number of nitrogens with one attached hydrogen (secondary N) is 2. The van der Waals surface area contributed by atoms with Crippen LogP contribution in [0.15, 0.2) is 11.7 Å². The fraction of sp³-hybridized carbons (Fsp3) is 0.771. The van der Waals surface area contributed by atoms with Crippen molar-refractivity contribution in [2.45, 2.75) is 97.2 Å². The molecule has 0 bridgehead atoms. The summed E-state index contributed by atoms with van der Waals surface area (Å²) in [6.45, 7) is 10.3. The van der Waals surface area contributed by atoms with E-state index < -0.39 is 23.5 Å². The smallest absolute Gasteiger partial charge is 0.265 e. The molecule has 2 N–H and O–H groups in total. The number of carbonyl (C=O) groups excluding carboxylic acids is 5. The van der Waals surface area contributed by atoms with Crippen LogP contribution in [0.1, 0.15) is 88.7 Å². The summed E-state index contributed by atoms with van der Waals surface area (Å²) in [5.74, 6) is -0.871. The Labute approximate surface area is 287 Å². The van der Waals surface area contributed by atoms with E-state index in [1.54, 1.807) is 21.5 Å². The molecule has 3 aliphatic heterocycles. The van der Waals surface area contributed by atoms with Crippen molar-refractivity contribution in [1.29, 1.82) is 0 Å². The molecule has 2 saturated carbocycles. The first-order valence-corrected chi connectivity index (χ1v) is 18.7. The Balaban J connectivity index is 1.20. The van der Waals surface area contributed by atoms with E-state index in [4.69, 9.17) is 4.74 Å². The van der Waals surface area contributed by atoms with Crippen LogP contribution in [0, 0.1) is 28.6 Å². The fourth-order valence-electron chi connectivity index (χ4n) is 8.41. The molecule has 0 unspecified atom stereocenters. The number of likely N-dealkylation sites (tertiary alicyclic amines) is 3. The van der Waals surface area contributed by atoms with Gasteiger partial charge in [0.2, 0.25) is 23.6 Å². The van der Waals surface area contributed by atoms with Gasteiger partial charge in [-0.2, -0.15) is 0 Å². The predicted molar refractivity (Wildman–Crippen MR) is 180 cm³/mol. The molecule has 1 aromatic heterocycles. The molecule has 3 saturated heterocycles. The predicted octanol–water partition coefficient (Wildman–Crippen LogP) is 2.69. The lowest BCUT2D eigenvalue weighted by Gasteiger charge is -2.50. The zero-order chi connectivity index (χ0) is 34.2. The standard InChI is InChI=1S/C35H52N6O6S/c1-22(47-17-24-9-6-5-7-10-24)29(33(46)39-12-8-11-25(15-39)37-23(2)42)38-30(43)27-16-40(32(45)28-14-36-21-48-28)18-35(27)19-41(20-35)31(44)26-13-34(26,3)4/h14,21-22,24-27,29H,5-13,15-20H2,1-4H3,(H,37,42)(H,38,43)/t22-,25+,26-,27+,29+/m1/s1. The van der Waals surface area contributed by atoms with E-state index in [2.05, 4.69) is 29.5 Å². The molecule has 5 fully saturated rings. The summed E-state index contributed by atoms with van der Waals surface area (Å²) >= 11 is 1.27. The quantitative estimate of drug-likeness (QED) is 0.386. The number of piperidine rings is 1. The van der Waals surface area contributed by atoms with Gasteiger partial charge in [0.15, 0.2) is 0 Å². The molecule has 5 aliphatic rings. The van der Waals surface area contributed by atoms with Gasteiger partial charge in [-0.3, -0.25) is 29.0 Å². The van der Waals surface area contributed by atoms with Gasteiger partial charge in [0.1, 0.15) is 10.9 Å². The maximum absolute atomic E-state index is 14.4. The molecule has 0 radical (unpaired) electrons. The fourth-order valence-corrected chi connectivity index (χ4v) is 9.00. The summed E-state index contributed by atoms with van der Waals surface area (Å²) in [6.07, 6.45) is 9.16. The zero-order valence-corrected chi connectivity index (χ0v) is 29.7. The minimum absolute atomic E-state index is 0.00476. The lowest BCUT2D eigenvalue weighted by Crippen LogP contribution is -2.66. The van der Waals surface area contributed by atoms with Crippen molar-refractivity contribution in [2.24, 2.45) is 28.6 Å². The molecule has 12 nitrogen and oxygen atoms in total. The average Bonchev–Trinajstić information content (AvgIpc) is 3.40. The van der Waals surface area contributed by atoms with Crippen LogP contribution >= 0.6 is 11.3 Å². The van der Waals surface area contributed by atoms with Gasteiger partial charge < -0.3 is 30.1 Å². The number of ether oxygens (including phenoxy) is 1. The molecule has 1 aromatic rings. The molecular weight excluding hydrogens is 632 g/mol. The van der Waals surface area contributed by atoms with E-state index in [0.29, 0.717) is 50.1 Å². The molecule has 4 heterocycles. The first-order valence-electron chi connectivity index (χ1n) is 17.8. The minimum atomic E-state index is -0.925. The van der Waals surface area contributed by atoms with E-state index in [1.807, 2.05) is 11.8 Å². The molecule has 264 valence electrons. The number of hydrogen-bond acceptors (Lipinski definition) is 8. The number of carbonyl (C=O) groups is 5. The van der Waals surface area contributed by atoms with Crippen LogP contribution in [-0.4, -0.2) is 113 Å². The largest absolute Gasteiger partial charge is 0.376 e. The molecule has 13 heteroatoms. The highest BCUT2D eigenvalue weighted by Gasteiger charge is 2.62. The van der Waals surface area contributed by atoms with Gasteiger partial charge in [-0.15, -0.1) is 11.3 Å². The Kier molecular flexibility index (Phi) is 10.2. The van der Waals surface area contributed by atoms with Gasteiger partial charge in [0, 0.05) is 70.2 Å². The Bertz CT molecular complexity index is 1370. The zero-order valence-electron chi connectivity index (χ0n) is 28.9. The average molecular weight is 685 g/mol. The van der Waals surface area contributed by atoms with Crippen molar-refractivity contribution < 1.29 is 28.7 Å². The second kappa shape index (κ2) is 14.0. The number of aromatic nitrogens is 1. The minimum Gasteiger partial charge on any atom is -0.376 e. The number of nitrogens with zero attached hydrogens (tertiary/aromatic N) is 4. The molecule has 1 spiro atoms. The summed E-state index contributed by atoms with van der Waals surface area (Å²) in [5.41, 5.74) is 1.02. The summed E-state index contributed by atoms with van der Waals surface area (Å²) in [4.78, 5) is 77.1. The molecular formula is C35H52N6O6S. The van der Waals surface area contributed by atoms with E-state index in [-0.39, 0.29) is 53.5 Å². The Morgan fingerprint density at radius 1 is 0.979 bits per heavy atom. The number of amides is 5. The summed E-state index contributed by atoms with van der Waals surface area (Å²) in [7, 11) is 0. The molecule has 5 atom stereocenters.